The lowest BCUT2D eigenvalue weighted by Gasteiger charge is -2.35. The monoisotopic (exact) mass is 335 g/mol. The minimum absolute atomic E-state index is 0. The molecule has 2 aliphatic heterocycles. The predicted molar refractivity (Wildman–Crippen MR) is 78.1 cm³/mol. The van der Waals surface area contributed by atoms with Gasteiger partial charge in [0.05, 0.1) is 12.7 Å². The van der Waals surface area contributed by atoms with Crippen LogP contribution in [0, 0.1) is 17.5 Å². The van der Waals surface area contributed by atoms with Gasteiger partial charge in [0.25, 0.3) is 0 Å². The van der Waals surface area contributed by atoms with Gasteiger partial charge in [-0.2, -0.15) is 4.39 Å². The van der Waals surface area contributed by atoms with Crippen molar-refractivity contribution < 1.29 is 17.9 Å². The van der Waals surface area contributed by atoms with Gasteiger partial charge in [-0.1, -0.05) is 0 Å². The largest absolute Gasteiger partial charge is 0.488 e. The van der Waals surface area contributed by atoms with Crippen molar-refractivity contribution >= 4 is 12.4 Å². The summed E-state index contributed by atoms with van der Waals surface area (Å²) >= 11 is 0. The fourth-order valence-corrected chi connectivity index (χ4v) is 2.80. The molecule has 22 heavy (non-hydrogen) atoms. The maximum Gasteiger partial charge on any atom is 0.203 e. The molecular formula is C14H17ClF3N3O. The molecule has 3 rings (SSSR count). The summed E-state index contributed by atoms with van der Waals surface area (Å²) in [6, 6.07) is 0.949. The van der Waals surface area contributed by atoms with Crippen molar-refractivity contribution in [2.24, 2.45) is 5.73 Å². The van der Waals surface area contributed by atoms with Gasteiger partial charge in [-0.25, -0.2) is 8.78 Å². The summed E-state index contributed by atoms with van der Waals surface area (Å²) in [5.41, 5.74) is 6.95. The topological polar surface area (TPSA) is 50.5 Å². The summed E-state index contributed by atoms with van der Waals surface area (Å²) < 4.78 is 45.5. The Morgan fingerprint density at radius 3 is 2.82 bits per heavy atom. The van der Waals surface area contributed by atoms with Gasteiger partial charge in [-0.3, -0.25) is 0 Å². The number of benzene rings is 1. The molecule has 1 atom stereocenters. The van der Waals surface area contributed by atoms with Crippen LogP contribution in [0.4, 0.5) is 13.2 Å². The van der Waals surface area contributed by atoms with Crippen LogP contribution < -0.4 is 15.8 Å². The van der Waals surface area contributed by atoms with E-state index in [9.17, 15) is 13.2 Å². The van der Waals surface area contributed by atoms with Crippen molar-refractivity contribution in [3.8, 4) is 5.75 Å². The Labute approximate surface area is 132 Å². The summed E-state index contributed by atoms with van der Waals surface area (Å²) in [5.74, 6) is -4.10. The molecule has 0 unspecified atom stereocenters. The minimum Gasteiger partial charge on any atom is -0.488 e. The molecule has 0 saturated heterocycles. The zero-order chi connectivity index (χ0) is 15.0. The van der Waals surface area contributed by atoms with E-state index in [1.807, 2.05) is 6.20 Å². The normalized spacial score (nSPS) is 19.7. The molecule has 1 aromatic rings. The fourth-order valence-electron chi connectivity index (χ4n) is 2.80. The van der Waals surface area contributed by atoms with Crippen LogP contribution >= 0.6 is 12.4 Å². The van der Waals surface area contributed by atoms with Crippen LogP contribution in [0.25, 0.3) is 0 Å². The van der Waals surface area contributed by atoms with Crippen molar-refractivity contribution in [2.45, 2.75) is 18.9 Å². The first-order valence-electron chi connectivity index (χ1n) is 6.80. The Morgan fingerprint density at radius 1 is 1.32 bits per heavy atom. The highest BCUT2D eigenvalue weighted by molar-refractivity contribution is 5.85. The second kappa shape index (κ2) is 6.66. The standard InChI is InChI=1S/C14H16F3N3O.ClH/c15-11-4-8-3-10(6-21-14(8)13(17)12(11)16)20-7-19-5-9(20)1-2-18;/h4-5,10,19H,1-3,6-7,18H2;1H/t10-;/m1./s1. The molecule has 0 spiro atoms. The van der Waals surface area contributed by atoms with E-state index in [2.05, 4.69) is 10.2 Å². The SMILES string of the molecule is Cl.NCCC1=CNCN1[C@H]1COc2c(cc(F)c(F)c2F)C1. The van der Waals surface area contributed by atoms with Gasteiger partial charge in [0.2, 0.25) is 5.82 Å². The number of halogens is 4. The Bertz CT molecular complexity index is 597. The molecule has 0 amide bonds. The molecule has 2 heterocycles. The Balaban J connectivity index is 0.00000176. The van der Waals surface area contributed by atoms with Gasteiger partial charge in [0.15, 0.2) is 17.4 Å². The van der Waals surface area contributed by atoms with Crippen LogP contribution in [0.3, 0.4) is 0 Å². The Morgan fingerprint density at radius 2 is 2.09 bits per heavy atom. The van der Waals surface area contributed by atoms with E-state index in [1.165, 1.54) is 0 Å². The molecule has 4 nitrogen and oxygen atoms in total. The van der Waals surface area contributed by atoms with E-state index < -0.39 is 17.5 Å². The van der Waals surface area contributed by atoms with Crippen LogP contribution in [-0.4, -0.2) is 30.8 Å². The highest BCUT2D eigenvalue weighted by Gasteiger charge is 2.31. The molecule has 1 aromatic carbocycles. The van der Waals surface area contributed by atoms with Gasteiger partial charge in [0, 0.05) is 23.9 Å². The zero-order valence-corrected chi connectivity index (χ0v) is 12.6. The summed E-state index contributed by atoms with van der Waals surface area (Å²) in [4.78, 5) is 2.06. The summed E-state index contributed by atoms with van der Waals surface area (Å²) in [7, 11) is 0. The second-order valence-electron chi connectivity index (χ2n) is 5.15. The van der Waals surface area contributed by atoms with Gasteiger partial charge in [-0.05, 0) is 19.0 Å². The molecule has 122 valence electrons. The molecule has 0 bridgehead atoms. The van der Waals surface area contributed by atoms with Crippen molar-refractivity contribution in [3.63, 3.8) is 0 Å². The van der Waals surface area contributed by atoms with Crippen LogP contribution in [0.15, 0.2) is 18.0 Å². The molecule has 8 heteroatoms. The van der Waals surface area contributed by atoms with Crippen LogP contribution in [0.2, 0.25) is 0 Å². The van der Waals surface area contributed by atoms with Gasteiger partial charge < -0.3 is 20.7 Å². The molecule has 2 aliphatic rings. The highest BCUT2D eigenvalue weighted by Crippen LogP contribution is 2.33. The maximum absolute atomic E-state index is 13.7. The van der Waals surface area contributed by atoms with Crippen LogP contribution in [0.1, 0.15) is 12.0 Å². The number of hydrogen-bond acceptors (Lipinski definition) is 4. The van der Waals surface area contributed by atoms with Gasteiger partial charge >= 0.3 is 0 Å². The van der Waals surface area contributed by atoms with Crippen molar-refractivity contribution in [1.82, 2.24) is 10.2 Å². The third-order valence-corrected chi connectivity index (χ3v) is 3.81. The third kappa shape index (κ3) is 2.83. The second-order valence-corrected chi connectivity index (χ2v) is 5.15. The maximum atomic E-state index is 13.7. The Hall–Kier alpha value is -1.60. The first kappa shape index (κ1) is 16.8. The number of rotatable bonds is 3. The van der Waals surface area contributed by atoms with E-state index in [-0.39, 0.29) is 30.8 Å². The lowest BCUT2D eigenvalue weighted by Crippen LogP contribution is -2.43. The molecule has 3 N–H and O–H groups in total. The van der Waals surface area contributed by atoms with Crippen LogP contribution in [0.5, 0.6) is 5.75 Å². The first-order chi connectivity index (χ1) is 10.1. The highest BCUT2D eigenvalue weighted by atomic mass is 35.5. The first-order valence-corrected chi connectivity index (χ1v) is 6.80. The number of nitrogens with two attached hydrogens (primary N) is 1. The van der Waals surface area contributed by atoms with Crippen molar-refractivity contribution in [1.29, 1.82) is 0 Å². The molecule has 0 aromatic heterocycles. The predicted octanol–water partition coefficient (Wildman–Crippen LogP) is 1.88. The quantitative estimate of drug-likeness (QED) is 0.828. The smallest absolute Gasteiger partial charge is 0.203 e. The summed E-state index contributed by atoms with van der Waals surface area (Å²) in [6.07, 6.45) is 2.99. The molecule has 0 radical (unpaired) electrons. The van der Waals surface area contributed by atoms with Crippen molar-refractivity contribution in [2.75, 3.05) is 19.8 Å². The average molecular weight is 336 g/mol. The van der Waals surface area contributed by atoms with Gasteiger partial charge in [-0.15, -0.1) is 12.4 Å². The fraction of sp³-hybridized carbons (Fsp3) is 0.429. The van der Waals surface area contributed by atoms with Crippen molar-refractivity contribution in [3.05, 3.63) is 41.0 Å². The lowest BCUT2D eigenvalue weighted by molar-refractivity contribution is 0.145. The number of fused-ring (bicyclic) bond motifs is 1. The van der Waals surface area contributed by atoms with E-state index in [0.717, 1.165) is 11.8 Å². The molecular weight excluding hydrogens is 319 g/mol. The molecule has 0 saturated carbocycles. The molecule has 0 aliphatic carbocycles. The zero-order valence-electron chi connectivity index (χ0n) is 11.7. The van der Waals surface area contributed by atoms with E-state index in [4.69, 9.17) is 10.5 Å². The Kier molecular flexibility index (Phi) is 5.08. The number of nitrogens with one attached hydrogen (secondary N) is 1. The average Bonchev–Trinajstić information content (AvgIpc) is 2.93. The molecule has 0 fully saturated rings. The van der Waals surface area contributed by atoms with E-state index in [0.29, 0.717) is 31.6 Å². The lowest BCUT2D eigenvalue weighted by atomic mass is 10.0. The number of ether oxygens (including phenoxy) is 1. The number of hydrogen-bond donors (Lipinski definition) is 2. The van der Waals surface area contributed by atoms with Crippen LogP contribution in [-0.2, 0) is 6.42 Å². The number of nitrogens with zero attached hydrogens (tertiary/aromatic N) is 1. The minimum atomic E-state index is -1.49. The van der Waals surface area contributed by atoms with E-state index >= 15 is 0 Å². The van der Waals surface area contributed by atoms with Gasteiger partial charge in [0.1, 0.15) is 6.61 Å². The van der Waals surface area contributed by atoms with E-state index in [1.54, 1.807) is 0 Å². The third-order valence-electron chi connectivity index (χ3n) is 3.81. The summed E-state index contributed by atoms with van der Waals surface area (Å²) in [5, 5.41) is 3.11. The summed E-state index contributed by atoms with van der Waals surface area (Å²) in [6.45, 7) is 1.34.